The van der Waals surface area contributed by atoms with Crippen LogP contribution in [0.5, 0.6) is 0 Å². The zero-order chi connectivity index (χ0) is 13.8. The first-order chi connectivity index (χ1) is 9.10. The van der Waals surface area contributed by atoms with Gasteiger partial charge in [-0.05, 0) is 24.6 Å². The Morgan fingerprint density at radius 3 is 2.89 bits per heavy atom. The first kappa shape index (κ1) is 13.6. The fourth-order valence-electron chi connectivity index (χ4n) is 1.74. The molecule has 5 nitrogen and oxygen atoms in total. The molecule has 1 aromatic carbocycles. The highest BCUT2D eigenvalue weighted by Gasteiger charge is 2.10. The zero-order valence-corrected chi connectivity index (χ0v) is 11.4. The molecule has 1 heterocycles. The third-order valence-electron chi connectivity index (χ3n) is 2.54. The number of nitrogens with zero attached hydrogens (tertiary/aromatic N) is 2. The van der Waals surface area contributed by atoms with Crippen molar-refractivity contribution in [3.05, 3.63) is 24.0 Å². The molecule has 0 aliphatic heterocycles. The van der Waals surface area contributed by atoms with Gasteiger partial charge in [0.05, 0.1) is 11.3 Å². The number of anilines is 1. The van der Waals surface area contributed by atoms with Crippen molar-refractivity contribution in [1.29, 1.82) is 0 Å². The average molecular weight is 277 g/mol. The molecule has 19 heavy (non-hydrogen) atoms. The van der Waals surface area contributed by atoms with Gasteiger partial charge in [0.15, 0.2) is 0 Å². The van der Waals surface area contributed by atoms with E-state index >= 15 is 0 Å². The Balaban J connectivity index is 2.48. The SMILES string of the molecule is CCCc1nc(SCC(=O)O)c2cc(N)ccc2n1. The topological polar surface area (TPSA) is 89.1 Å². The number of nitrogen functional groups attached to an aromatic ring is 1. The fraction of sp³-hybridized carbons (Fsp3) is 0.308. The molecule has 100 valence electrons. The normalized spacial score (nSPS) is 10.8. The Hall–Kier alpha value is -1.82. The van der Waals surface area contributed by atoms with E-state index in [1.165, 1.54) is 11.8 Å². The minimum atomic E-state index is -0.863. The third kappa shape index (κ3) is 3.35. The first-order valence-electron chi connectivity index (χ1n) is 6.01. The highest BCUT2D eigenvalue weighted by Crippen LogP contribution is 2.27. The van der Waals surface area contributed by atoms with Crippen LogP contribution in [0.4, 0.5) is 5.69 Å². The summed E-state index contributed by atoms with van der Waals surface area (Å²) in [4.78, 5) is 19.6. The van der Waals surface area contributed by atoms with Gasteiger partial charge in [-0.1, -0.05) is 18.7 Å². The summed E-state index contributed by atoms with van der Waals surface area (Å²) in [5.41, 5.74) is 7.19. The fourth-order valence-corrected chi connectivity index (χ4v) is 2.49. The molecule has 0 spiro atoms. The van der Waals surface area contributed by atoms with Gasteiger partial charge in [0.1, 0.15) is 10.9 Å². The van der Waals surface area contributed by atoms with Crippen molar-refractivity contribution in [3.63, 3.8) is 0 Å². The summed E-state index contributed by atoms with van der Waals surface area (Å²) in [6.45, 7) is 2.06. The van der Waals surface area contributed by atoms with Gasteiger partial charge >= 0.3 is 5.97 Å². The van der Waals surface area contributed by atoms with E-state index in [0.29, 0.717) is 10.7 Å². The largest absolute Gasteiger partial charge is 0.481 e. The number of hydrogen-bond donors (Lipinski definition) is 2. The zero-order valence-electron chi connectivity index (χ0n) is 10.6. The second-order valence-corrected chi connectivity index (χ2v) is 5.12. The monoisotopic (exact) mass is 277 g/mol. The molecule has 1 aromatic heterocycles. The Morgan fingerprint density at radius 2 is 2.21 bits per heavy atom. The van der Waals surface area contributed by atoms with Crippen molar-refractivity contribution in [2.24, 2.45) is 0 Å². The van der Waals surface area contributed by atoms with Crippen LogP contribution in [0.2, 0.25) is 0 Å². The molecule has 0 fully saturated rings. The molecule has 0 aliphatic rings. The van der Waals surface area contributed by atoms with Crippen LogP contribution in [0.25, 0.3) is 10.9 Å². The van der Waals surface area contributed by atoms with Crippen molar-refractivity contribution in [1.82, 2.24) is 9.97 Å². The van der Waals surface area contributed by atoms with Gasteiger partial charge in [0, 0.05) is 17.5 Å². The number of hydrogen-bond acceptors (Lipinski definition) is 5. The van der Waals surface area contributed by atoms with Crippen molar-refractivity contribution in [3.8, 4) is 0 Å². The van der Waals surface area contributed by atoms with Gasteiger partial charge in [0.2, 0.25) is 0 Å². The number of aromatic nitrogens is 2. The Kier molecular flexibility index (Phi) is 4.21. The van der Waals surface area contributed by atoms with E-state index in [9.17, 15) is 4.79 Å². The number of fused-ring (bicyclic) bond motifs is 1. The minimum absolute atomic E-state index is 0.0214. The number of rotatable bonds is 5. The number of thioether (sulfide) groups is 1. The summed E-state index contributed by atoms with van der Waals surface area (Å²) >= 11 is 1.20. The third-order valence-corrected chi connectivity index (χ3v) is 3.51. The first-order valence-corrected chi connectivity index (χ1v) is 6.99. The van der Waals surface area contributed by atoms with Gasteiger partial charge in [0.25, 0.3) is 0 Å². The lowest BCUT2D eigenvalue weighted by atomic mass is 10.2. The molecule has 6 heteroatoms. The number of benzene rings is 1. The van der Waals surface area contributed by atoms with Crippen LogP contribution in [0.3, 0.4) is 0 Å². The Bertz CT molecular complexity index is 616. The van der Waals surface area contributed by atoms with Gasteiger partial charge in [-0.25, -0.2) is 9.97 Å². The molecule has 3 N–H and O–H groups in total. The number of carboxylic acids is 1. The number of carbonyl (C=O) groups is 1. The number of nitrogens with two attached hydrogens (primary N) is 1. The van der Waals surface area contributed by atoms with Crippen LogP contribution in [0.15, 0.2) is 23.2 Å². The maximum Gasteiger partial charge on any atom is 0.313 e. The quantitative estimate of drug-likeness (QED) is 0.495. The van der Waals surface area contributed by atoms with E-state index in [-0.39, 0.29) is 5.75 Å². The van der Waals surface area contributed by atoms with Crippen molar-refractivity contribution >= 4 is 34.3 Å². The number of aryl methyl sites for hydroxylation is 1. The van der Waals surface area contributed by atoms with Crippen LogP contribution in [-0.2, 0) is 11.2 Å². The maximum absolute atomic E-state index is 10.7. The van der Waals surface area contributed by atoms with Crippen molar-refractivity contribution < 1.29 is 9.90 Å². The lowest BCUT2D eigenvalue weighted by molar-refractivity contribution is -0.133. The van der Waals surface area contributed by atoms with E-state index in [0.717, 1.165) is 29.6 Å². The Labute approximate surface area is 115 Å². The smallest absolute Gasteiger partial charge is 0.313 e. The molecule has 0 bridgehead atoms. The minimum Gasteiger partial charge on any atom is -0.481 e. The van der Waals surface area contributed by atoms with Crippen LogP contribution < -0.4 is 5.73 Å². The molecular formula is C13H15N3O2S. The second-order valence-electron chi connectivity index (χ2n) is 4.15. The lowest BCUT2D eigenvalue weighted by Crippen LogP contribution is -2.02. The molecule has 0 radical (unpaired) electrons. The van der Waals surface area contributed by atoms with Gasteiger partial charge < -0.3 is 10.8 Å². The predicted molar refractivity (Wildman–Crippen MR) is 76.3 cm³/mol. The van der Waals surface area contributed by atoms with E-state index < -0.39 is 5.97 Å². The summed E-state index contributed by atoms with van der Waals surface area (Å²) in [7, 11) is 0. The summed E-state index contributed by atoms with van der Waals surface area (Å²) in [6, 6.07) is 5.42. The molecule has 0 saturated carbocycles. The predicted octanol–water partition coefficient (Wildman–Crippen LogP) is 2.34. The van der Waals surface area contributed by atoms with Gasteiger partial charge in [-0.15, -0.1) is 0 Å². The lowest BCUT2D eigenvalue weighted by Gasteiger charge is -2.07. The summed E-state index contributed by atoms with van der Waals surface area (Å²) in [5.74, 6) is -0.141. The molecular weight excluding hydrogens is 262 g/mol. The molecule has 0 saturated heterocycles. The van der Waals surface area contributed by atoms with Crippen LogP contribution in [-0.4, -0.2) is 26.8 Å². The number of aliphatic carboxylic acids is 1. The highest BCUT2D eigenvalue weighted by molar-refractivity contribution is 8.00. The molecule has 0 unspecified atom stereocenters. The van der Waals surface area contributed by atoms with Gasteiger partial charge in [-0.2, -0.15) is 0 Å². The highest BCUT2D eigenvalue weighted by atomic mass is 32.2. The summed E-state index contributed by atoms with van der Waals surface area (Å²) < 4.78 is 0. The number of carboxylic acid groups (broad SMARTS) is 1. The van der Waals surface area contributed by atoms with Gasteiger partial charge in [-0.3, -0.25) is 4.79 Å². The van der Waals surface area contributed by atoms with Crippen molar-refractivity contribution in [2.75, 3.05) is 11.5 Å². The van der Waals surface area contributed by atoms with E-state index in [4.69, 9.17) is 10.8 Å². The molecule has 0 amide bonds. The van der Waals surface area contributed by atoms with E-state index in [2.05, 4.69) is 16.9 Å². The van der Waals surface area contributed by atoms with E-state index in [1.54, 1.807) is 12.1 Å². The molecule has 0 aliphatic carbocycles. The van der Waals surface area contributed by atoms with Crippen LogP contribution >= 0.6 is 11.8 Å². The van der Waals surface area contributed by atoms with Crippen LogP contribution in [0, 0.1) is 0 Å². The maximum atomic E-state index is 10.7. The summed E-state index contributed by atoms with van der Waals surface area (Å²) in [6.07, 6.45) is 1.73. The Morgan fingerprint density at radius 1 is 1.42 bits per heavy atom. The molecule has 2 aromatic rings. The molecule has 2 rings (SSSR count). The second kappa shape index (κ2) is 5.88. The van der Waals surface area contributed by atoms with Crippen molar-refractivity contribution in [2.45, 2.75) is 24.8 Å². The summed E-state index contributed by atoms with van der Waals surface area (Å²) in [5, 5.41) is 10.3. The van der Waals surface area contributed by atoms with Crippen LogP contribution in [0.1, 0.15) is 19.2 Å². The standard InChI is InChI=1S/C13H15N3O2S/c1-2-3-11-15-10-5-4-8(14)6-9(10)13(16-11)19-7-12(17)18/h4-6H,2-3,7,14H2,1H3,(H,17,18). The van der Waals surface area contributed by atoms with E-state index in [1.807, 2.05) is 6.07 Å². The molecule has 0 atom stereocenters. The average Bonchev–Trinajstić information content (AvgIpc) is 2.37.